The number of aryl methyl sites for hydroxylation is 32. The first kappa shape index (κ1) is 121. The molecule has 0 radical (unpaired) electrons. The predicted octanol–water partition coefficient (Wildman–Crippen LogP) is 43.4. The minimum atomic E-state index is 0.899. The van der Waals surface area contributed by atoms with Crippen LogP contribution < -0.4 is 4.74 Å². The van der Waals surface area contributed by atoms with Gasteiger partial charge in [-0.05, 0) is 528 Å². The summed E-state index contributed by atoms with van der Waals surface area (Å²) in [6.45, 7) is 87.6. The summed E-state index contributed by atoms with van der Waals surface area (Å²) in [5.74, 6) is 9.64. The standard InChI is InChI=1S/C18H18.C17H20.C16H18O.C16H18.C14H16.2C12H12.C10H14.C10H20.C8H10.C8H16.C8H10/c1-11-5-15-9-17-7-13(3)14(4)8-18(17)10-16(15)6-12(11)2;1-12-5-7-16(9-14(12)3)11-17-8-6-13(2)15(4)10-17;1-11-5-7-15(9-13(11)3)17-16-8-6-12(2)14(4)10-16;1-11-5-7-15(9-13(11)3)16-8-6-12(2)14(4)10-16;1-9-5-13-7-11(3)12(4)8-14(13)6-10(9)2;1-9-3-5-12-8-10(2)4-6-11(12)7-9;1-9-3-5-11-6-4-10(2)8-12(11)7-9;1-7-5-9(3)10(4)6-8(7)2;1-5-10-8(3)6-7(2)9(10)4;1-7-3-5-8(2)6-4-7;1-5-6(2)8(4)7(5)3;1-7-4-3-5-8(2)6-7/h5-10H,1-4H3;5-10H,11H2,1-4H3;5-10H,1-4H3;5-10H,1-4H3;5-8H,1-4H3;2*3-8H,1-2H3;5-6H,1-4H3;7-10H,5-6H2,1-4H3;3-6H,1-2H3;5-8H,1-4H3;3-6H,1-2H3. The van der Waals surface area contributed by atoms with Crippen LogP contribution in [0.4, 0.5) is 0 Å². The number of hydrogen-bond acceptors (Lipinski definition) is 1. The highest BCUT2D eigenvalue weighted by atomic mass is 16.5. The average Bonchev–Trinajstić information content (AvgIpc) is 0.798. The lowest BCUT2D eigenvalue weighted by Crippen LogP contribution is -2.39. The Morgan fingerprint density at radius 1 is 0.173 bits per heavy atom. The van der Waals surface area contributed by atoms with E-state index < -0.39 is 0 Å². The van der Waals surface area contributed by atoms with Crippen molar-refractivity contribution in [3.05, 3.63) is 492 Å². The summed E-state index contributed by atoms with van der Waals surface area (Å²) < 4.78 is 5.85. The summed E-state index contributed by atoms with van der Waals surface area (Å²) >= 11 is 0. The van der Waals surface area contributed by atoms with Gasteiger partial charge in [0.2, 0.25) is 0 Å². The highest BCUT2D eigenvalue weighted by Crippen LogP contribution is 2.45. The van der Waals surface area contributed by atoms with Gasteiger partial charge in [-0.25, -0.2) is 0 Å². The highest BCUT2D eigenvalue weighted by Gasteiger charge is 2.38. The molecule has 786 valence electrons. The van der Waals surface area contributed by atoms with E-state index >= 15 is 0 Å². The zero-order valence-electron chi connectivity index (χ0n) is 100. The van der Waals surface area contributed by atoms with Crippen LogP contribution in [0.2, 0.25) is 0 Å². The Morgan fingerprint density at radius 2 is 0.407 bits per heavy atom. The third-order valence-electron chi connectivity index (χ3n) is 32.8. The fourth-order valence-corrected chi connectivity index (χ4v) is 19.9. The molecular weight excluding hydrogens is 1810 g/mol. The van der Waals surface area contributed by atoms with Crippen LogP contribution in [0.25, 0.3) is 65.0 Å². The number of benzene rings is 18. The molecule has 0 spiro atoms. The second-order valence-electron chi connectivity index (χ2n) is 45.4. The fraction of sp³-hybridized carbons (Fsp3) is 0.342. The number of hydrogen-bond donors (Lipinski definition) is 0. The van der Waals surface area contributed by atoms with E-state index in [0.717, 1.165) is 65.3 Å². The van der Waals surface area contributed by atoms with E-state index in [1.807, 2.05) is 12.1 Å². The van der Waals surface area contributed by atoms with Crippen molar-refractivity contribution in [3.8, 4) is 22.6 Å². The molecule has 18 aromatic carbocycles. The molecule has 2 aliphatic carbocycles. The maximum atomic E-state index is 5.85. The number of rotatable bonds is 6. The Balaban J connectivity index is 0.000000183. The van der Waals surface area contributed by atoms with Gasteiger partial charge in [-0.3, -0.25) is 0 Å². The van der Waals surface area contributed by atoms with Crippen molar-refractivity contribution in [2.75, 3.05) is 0 Å². The van der Waals surface area contributed by atoms with Gasteiger partial charge in [0.05, 0.1) is 0 Å². The molecule has 1 nitrogen and oxygen atoms in total. The zero-order valence-corrected chi connectivity index (χ0v) is 100. The monoisotopic (exact) mass is 1990 g/mol. The summed E-state index contributed by atoms with van der Waals surface area (Å²) in [5.41, 5.74) is 48.6. The second-order valence-corrected chi connectivity index (χ2v) is 45.4. The van der Waals surface area contributed by atoms with Crippen molar-refractivity contribution in [2.24, 2.45) is 47.3 Å². The van der Waals surface area contributed by atoms with Crippen molar-refractivity contribution in [3.63, 3.8) is 0 Å². The number of fused-ring (bicyclic) bond motifs is 5. The highest BCUT2D eigenvalue weighted by molar-refractivity contribution is 5.99. The van der Waals surface area contributed by atoms with Gasteiger partial charge in [0.15, 0.2) is 0 Å². The van der Waals surface area contributed by atoms with Crippen molar-refractivity contribution in [1.29, 1.82) is 0 Å². The van der Waals surface area contributed by atoms with Crippen LogP contribution in [0.5, 0.6) is 11.5 Å². The lowest BCUT2D eigenvalue weighted by atomic mass is 9.60. The minimum Gasteiger partial charge on any atom is -0.457 e. The summed E-state index contributed by atoms with van der Waals surface area (Å²) in [7, 11) is 0. The van der Waals surface area contributed by atoms with Crippen molar-refractivity contribution < 1.29 is 4.74 Å². The van der Waals surface area contributed by atoms with Gasteiger partial charge in [0.25, 0.3) is 0 Å². The molecule has 0 bridgehead atoms. The topological polar surface area (TPSA) is 9.23 Å². The van der Waals surface area contributed by atoms with Gasteiger partial charge >= 0.3 is 0 Å². The van der Waals surface area contributed by atoms with Gasteiger partial charge in [0, 0.05) is 0 Å². The summed E-state index contributed by atoms with van der Waals surface area (Å²) in [4.78, 5) is 0. The van der Waals surface area contributed by atoms with Crippen LogP contribution in [0.1, 0.15) is 257 Å². The molecule has 0 heterocycles. The van der Waals surface area contributed by atoms with Crippen LogP contribution >= 0.6 is 0 Å². The van der Waals surface area contributed by atoms with Crippen molar-refractivity contribution in [2.45, 2.75) is 296 Å². The first-order valence-electron chi connectivity index (χ1n) is 55.4. The Morgan fingerprint density at radius 3 is 0.660 bits per heavy atom. The summed E-state index contributed by atoms with van der Waals surface area (Å²) in [5, 5.41) is 13.4. The Labute approximate surface area is 910 Å². The molecule has 20 rings (SSSR count). The van der Waals surface area contributed by atoms with Crippen LogP contribution in [0.15, 0.2) is 303 Å². The van der Waals surface area contributed by atoms with E-state index in [-0.39, 0.29) is 0 Å². The van der Waals surface area contributed by atoms with Crippen molar-refractivity contribution >= 4 is 53.9 Å². The maximum Gasteiger partial charge on any atom is 0.127 e. The Hall–Kier alpha value is -12.9. The molecule has 2 saturated carbocycles. The minimum absolute atomic E-state index is 0.899. The molecule has 0 N–H and O–H groups in total. The maximum absolute atomic E-state index is 5.85. The Bertz CT molecular complexity index is 6860. The van der Waals surface area contributed by atoms with E-state index in [0.29, 0.717) is 0 Å². The van der Waals surface area contributed by atoms with Crippen LogP contribution in [0, 0.1) is 269 Å². The Kier molecular flexibility index (Phi) is 45.6. The zero-order chi connectivity index (χ0) is 111. The smallest absolute Gasteiger partial charge is 0.127 e. The van der Waals surface area contributed by atoms with Crippen molar-refractivity contribution in [1.82, 2.24) is 0 Å². The van der Waals surface area contributed by atoms with Gasteiger partial charge in [-0.15, -0.1) is 0 Å². The van der Waals surface area contributed by atoms with Crippen LogP contribution in [-0.2, 0) is 6.42 Å². The molecule has 1 heteroatoms. The third-order valence-corrected chi connectivity index (χ3v) is 32.8. The normalized spacial score (nSPS) is 15.4. The first-order chi connectivity index (χ1) is 70.8. The van der Waals surface area contributed by atoms with Gasteiger partial charge in [-0.1, -0.05) is 373 Å². The lowest BCUT2D eigenvalue weighted by molar-refractivity contribution is 0.0302. The molecule has 2 fully saturated rings. The SMILES string of the molecule is CC1C(C)C(C)C1C.CCC1C(C)CC(C)C1C.Cc1cc(C)c(C)cc1C.Cc1cc2cc(C)c(C)cc2cc1C.Cc1cc2cc3cc(C)c(C)cc3cc2cc1C.Cc1ccc(-c2ccc(C)c(C)c2)cc1C.Cc1ccc(C)cc1.Cc1ccc(Cc2ccc(C)c(C)c2)cc1C.Cc1ccc(Oc2ccc(C)c(C)c2)cc1C.Cc1ccc2cc(C)ccc2c1.Cc1ccc2ccc(C)cc2c1.Cc1cccc(C)c1. The molecule has 4 atom stereocenters. The van der Waals surface area contributed by atoms with Gasteiger partial charge < -0.3 is 4.74 Å². The molecule has 0 amide bonds. The van der Waals surface area contributed by atoms with Gasteiger partial charge in [0.1, 0.15) is 11.5 Å². The largest absolute Gasteiger partial charge is 0.457 e. The van der Waals surface area contributed by atoms with E-state index in [4.69, 9.17) is 4.74 Å². The van der Waals surface area contributed by atoms with E-state index in [2.05, 4.69) is 568 Å². The molecule has 0 aromatic heterocycles. The molecule has 4 unspecified atom stereocenters. The fourth-order valence-electron chi connectivity index (χ4n) is 19.9. The molecule has 0 aliphatic heterocycles. The first-order valence-corrected chi connectivity index (χ1v) is 55.4. The molecular formula is C149H184O. The molecule has 150 heavy (non-hydrogen) atoms. The lowest BCUT2D eigenvalue weighted by Gasteiger charge is -2.45. The average molecular weight is 1990 g/mol. The second kappa shape index (κ2) is 56.8. The molecule has 18 aromatic rings. The van der Waals surface area contributed by atoms with Gasteiger partial charge in [-0.2, -0.15) is 0 Å². The number of ether oxygens (including phenoxy) is 1. The predicted molar refractivity (Wildman–Crippen MR) is 667 cm³/mol. The quantitative estimate of drug-likeness (QED) is 0.151. The van der Waals surface area contributed by atoms with Crippen LogP contribution in [0.3, 0.4) is 0 Å². The van der Waals surface area contributed by atoms with E-state index in [1.54, 1.807) is 0 Å². The molecule has 2 aliphatic rings. The van der Waals surface area contributed by atoms with E-state index in [1.165, 1.54) is 267 Å². The van der Waals surface area contributed by atoms with Crippen LogP contribution in [-0.4, -0.2) is 0 Å². The summed E-state index contributed by atoms with van der Waals surface area (Å²) in [6.07, 6.45) is 3.87. The molecule has 0 saturated heterocycles. The third kappa shape index (κ3) is 36.2. The summed E-state index contributed by atoms with van der Waals surface area (Å²) in [6, 6.07) is 110. The van der Waals surface area contributed by atoms with E-state index in [9.17, 15) is 0 Å².